The van der Waals surface area contributed by atoms with Crippen molar-refractivity contribution in [1.29, 1.82) is 0 Å². The molecule has 8 heteroatoms. The Hall–Kier alpha value is -4.33. The number of carbonyl (C=O) groups excluding carboxylic acids is 1. The van der Waals surface area contributed by atoms with Gasteiger partial charge < -0.3 is 5.32 Å². The van der Waals surface area contributed by atoms with Crippen LogP contribution in [0, 0.1) is 5.82 Å². The van der Waals surface area contributed by atoms with Crippen molar-refractivity contribution in [2.45, 2.75) is 0 Å². The molecular formula is C22H16FN5O2. The summed E-state index contributed by atoms with van der Waals surface area (Å²) in [5, 5.41) is 7.39. The summed E-state index contributed by atoms with van der Waals surface area (Å²) in [6.45, 7) is 0. The van der Waals surface area contributed by atoms with Gasteiger partial charge in [0.2, 0.25) is 5.95 Å². The Morgan fingerprint density at radius 3 is 2.50 bits per heavy atom. The van der Waals surface area contributed by atoms with Crippen molar-refractivity contribution < 1.29 is 9.18 Å². The van der Waals surface area contributed by atoms with E-state index in [2.05, 4.69) is 25.8 Å². The first-order valence-electron chi connectivity index (χ1n) is 9.04. The van der Waals surface area contributed by atoms with Crippen molar-refractivity contribution in [3.63, 3.8) is 0 Å². The average Bonchev–Trinajstić information content (AvgIpc) is 2.76. The fourth-order valence-electron chi connectivity index (χ4n) is 2.77. The number of halogens is 1. The maximum Gasteiger partial charge on any atom is 0.271 e. The quantitative estimate of drug-likeness (QED) is 0.352. The van der Waals surface area contributed by atoms with E-state index < -0.39 is 5.91 Å². The van der Waals surface area contributed by atoms with Crippen molar-refractivity contribution in [2.24, 2.45) is 5.10 Å². The molecule has 0 radical (unpaired) electrons. The van der Waals surface area contributed by atoms with E-state index in [4.69, 9.17) is 0 Å². The predicted molar refractivity (Wildman–Crippen MR) is 114 cm³/mol. The van der Waals surface area contributed by atoms with Crippen LogP contribution in [0.15, 0.2) is 82.7 Å². The highest BCUT2D eigenvalue weighted by molar-refractivity contribution is 5.95. The number of hydrogen-bond donors (Lipinski definition) is 3. The zero-order valence-corrected chi connectivity index (χ0v) is 15.6. The van der Waals surface area contributed by atoms with Crippen LogP contribution in [0.3, 0.4) is 0 Å². The fourth-order valence-corrected chi connectivity index (χ4v) is 2.77. The van der Waals surface area contributed by atoms with Gasteiger partial charge in [0, 0.05) is 11.3 Å². The third-order valence-electron chi connectivity index (χ3n) is 4.27. The zero-order chi connectivity index (χ0) is 20.9. The Kier molecular flexibility index (Phi) is 5.29. The van der Waals surface area contributed by atoms with Gasteiger partial charge in [0.15, 0.2) is 0 Å². The number of aromatic nitrogens is 2. The SMILES string of the molecule is O=C(N/N=C\c1ccc(F)cc1)c1ccc(Nc2nc3ccccc3c(=O)[nH]2)cc1. The highest BCUT2D eigenvalue weighted by atomic mass is 19.1. The minimum Gasteiger partial charge on any atom is -0.326 e. The Morgan fingerprint density at radius 2 is 1.73 bits per heavy atom. The van der Waals surface area contributed by atoms with Crippen LogP contribution in [0.1, 0.15) is 15.9 Å². The van der Waals surface area contributed by atoms with Gasteiger partial charge >= 0.3 is 0 Å². The molecule has 1 heterocycles. The van der Waals surface area contributed by atoms with Crippen LogP contribution in [-0.2, 0) is 0 Å². The summed E-state index contributed by atoms with van der Waals surface area (Å²) in [4.78, 5) is 31.4. The molecule has 0 aliphatic rings. The number of aromatic amines is 1. The second kappa shape index (κ2) is 8.36. The second-order valence-electron chi connectivity index (χ2n) is 6.38. The van der Waals surface area contributed by atoms with E-state index in [0.29, 0.717) is 33.7 Å². The number of nitrogens with zero attached hydrogens (tertiary/aromatic N) is 2. The number of H-pyrrole nitrogens is 1. The van der Waals surface area contributed by atoms with E-state index in [9.17, 15) is 14.0 Å². The number of hydrogen-bond acceptors (Lipinski definition) is 5. The summed E-state index contributed by atoms with van der Waals surface area (Å²) in [6, 6.07) is 19.4. The van der Waals surface area contributed by atoms with Crippen molar-refractivity contribution in [3.8, 4) is 0 Å². The normalized spacial score (nSPS) is 11.0. The summed E-state index contributed by atoms with van der Waals surface area (Å²) < 4.78 is 12.9. The monoisotopic (exact) mass is 401 g/mol. The molecule has 0 saturated carbocycles. The molecular weight excluding hydrogens is 385 g/mol. The van der Waals surface area contributed by atoms with E-state index in [1.54, 1.807) is 54.6 Å². The summed E-state index contributed by atoms with van der Waals surface area (Å²) >= 11 is 0. The van der Waals surface area contributed by atoms with E-state index >= 15 is 0 Å². The highest BCUT2D eigenvalue weighted by Gasteiger charge is 2.06. The number of para-hydroxylation sites is 1. The molecule has 1 amide bonds. The molecule has 1 aromatic heterocycles. The molecule has 0 fully saturated rings. The van der Waals surface area contributed by atoms with E-state index in [0.717, 1.165) is 0 Å². The van der Waals surface area contributed by atoms with Gasteiger partial charge in [0.25, 0.3) is 11.5 Å². The molecule has 148 valence electrons. The molecule has 0 bridgehead atoms. The Balaban J connectivity index is 1.42. The fraction of sp³-hybridized carbons (Fsp3) is 0. The maximum atomic E-state index is 12.9. The Labute approximate surface area is 170 Å². The van der Waals surface area contributed by atoms with E-state index in [1.807, 2.05) is 6.07 Å². The molecule has 4 rings (SSSR count). The van der Waals surface area contributed by atoms with Crippen molar-refractivity contribution in [3.05, 3.63) is 100 Å². The Bertz CT molecular complexity index is 1280. The minimum absolute atomic E-state index is 0.238. The van der Waals surface area contributed by atoms with Crippen molar-refractivity contribution >= 4 is 34.7 Å². The lowest BCUT2D eigenvalue weighted by atomic mass is 10.2. The number of benzene rings is 3. The smallest absolute Gasteiger partial charge is 0.271 e. The molecule has 0 aliphatic carbocycles. The van der Waals surface area contributed by atoms with Gasteiger partial charge in [-0.05, 0) is 54.1 Å². The van der Waals surface area contributed by atoms with Gasteiger partial charge in [0.1, 0.15) is 5.82 Å². The second-order valence-corrected chi connectivity index (χ2v) is 6.38. The first-order valence-corrected chi connectivity index (χ1v) is 9.04. The number of rotatable bonds is 5. The number of anilines is 2. The third-order valence-corrected chi connectivity index (χ3v) is 4.27. The van der Waals surface area contributed by atoms with Crippen LogP contribution in [0.5, 0.6) is 0 Å². The summed E-state index contributed by atoms with van der Waals surface area (Å²) in [5.41, 5.74) is 4.47. The zero-order valence-electron chi connectivity index (χ0n) is 15.6. The summed E-state index contributed by atoms with van der Waals surface area (Å²) in [7, 11) is 0. The molecule has 0 unspecified atom stereocenters. The van der Waals surface area contributed by atoms with Gasteiger partial charge in [-0.15, -0.1) is 0 Å². The highest BCUT2D eigenvalue weighted by Crippen LogP contribution is 2.15. The van der Waals surface area contributed by atoms with Gasteiger partial charge in [-0.25, -0.2) is 14.8 Å². The molecule has 0 atom stereocenters. The number of amides is 1. The van der Waals surface area contributed by atoms with Gasteiger partial charge in [-0.2, -0.15) is 5.10 Å². The minimum atomic E-state index is -0.392. The number of carbonyl (C=O) groups is 1. The topological polar surface area (TPSA) is 99.2 Å². The lowest BCUT2D eigenvalue weighted by Crippen LogP contribution is -2.17. The standard InChI is InChI=1S/C22H16FN5O2/c23-16-9-5-14(6-10-16)13-24-28-20(29)15-7-11-17(12-8-15)25-22-26-19-4-2-1-3-18(19)21(30)27-22/h1-13H,(H,28,29)(H2,25,26,27,30)/b24-13-. The van der Waals surface area contributed by atoms with Gasteiger partial charge in [0.05, 0.1) is 17.1 Å². The lowest BCUT2D eigenvalue weighted by molar-refractivity contribution is 0.0955. The van der Waals surface area contributed by atoms with E-state index in [1.165, 1.54) is 18.3 Å². The summed E-state index contributed by atoms with van der Waals surface area (Å²) in [5.74, 6) is -0.426. The number of hydrazone groups is 1. The van der Waals surface area contributed by atoms with E-state index in [-0.39, 0.29) is 11.4 Å². The average molecular weight is 401 g/mol. The van der Waals surface area contributed by atoms with Crippen LogP contribution in [0.2, 0.25) is 0 Å². The third kappa shape index (κ3) is 4.39. The molecule has 30 heavy (non-hydrogen) atoms. The van der Waals surface area contributed by atoms with Crippen LogP contribution >= 0.6 is 0 Å². The number of fused-ring (bicyclic) bond motifs is 1. The predicted octanol–water partition coefficient (Wildman–Crippen LogP) is 3.57. The first kappa shape index (κ1) is 19.0. The summed E-state index contributed by atoms with van der Waals surface area (Å²) in [6.07, 6.45) is 1.43. The molecule has 3 aromatic carbocycles. The Morgan fingerprint density at radius 1 is 1.00 bits per heavy atom. The van der Waals surface area contributed by atoms with Gasteiger partial charge in [-0.3, -0.25) is 14.6 Å². The van der Waals surface area contributed by atoms with Crippen molar-refractivity contribution in [1.82, 2.24) is 15.4 Å². The molecule has 0 saturated heterocycles. The van der Waals surface area contributed by atoms with Crippen LogP contribution in [0.25, 0.3) is 10.9 Å². The lowest BCUT2D eigenvalue weighted by Gasteiger charge is -2.07. The first-order chi connectivity index (χ1) is 14.6. The van der Waals surface area contributed by atoms with Crippen molar-refractivity contribution in [2.75, 3.05) is 5.32 Å². The molecule has 4 aromatic rings. The van der Waals surface area contributed by atoms with Crippen LogP contribution in [-0.4, -0.2) is 22.1 Å². The largest absolute Gasteiger partial charge is 0.326 e. The molecule has 0 spiro atoms. The molecule has 7 nitrogen and oxygen atoms in total. The molecule has 0 aliphatic heterocycles. The van der Waals surface area contributed by atoms with Crippen LogP contribution in [0.4, 0.5) is 16.0 Å². The molecule has 3 N–H and O–H groups in total. The number of nitrogens with one attached hydrogen (secondary N) is 3. The van der Waals surface area contributed by atoms with Gasteiger partial charge in [-0.1, -0.05) is 24.3 Å². The van der Waals surface area contributed by atoms with Crippen LogP contribution < -0.4 is 16.3 Å². The maximum absolute atomic E-state index is 12.9.